The highest BCUT2D eigenvalue weighted by Gasteiger charge is 2.36. The van der Waals surface area contributed by atoms with Crippen molar-refractivity contribution in [3.8, 4) is 46.0 Å². The van der Waals surface area contributed by atoms with Gasteiger partial charge in [0.15, 0.2) is 33.0 Å². The molecule has 0 saturated heterocycles. The molecular weight excluding hydrogens is 1340 g/mol. The summed E-state index contributed by atoms with van der Waals surface area (Å²) in [6.07, 6.45) is -14.6. The summed E-state index contributed by atoms with van der Waals surface area (Å²) in [7, 11) is -4.25. The molecular formula is C60H50F13N5O11S4. The van der Waals surface area contributed by atoms with Gasteiger partial charge in [-0.05, 0) is 65.1 Å². The monoisotopic (exact) mass is 1390 g/mol. The van der Waals surface area contributed by atoms with Crippen LogP contribution in [0.5, 0.6) is 46.0 Å². The number of benzene rings is 7. The number of sulfonamides is 1. The van der Waals surface area contributed by atoms with Gasteiger partial charge in [-0.2, -0.15) is 48.3 Å². The van der Waals surface area contributed by atoms with Crippen LogP contribution in [0.2, 0.25) is 0 Å². The van der Waals surface area contributed by atoms with E-state index in [0.717, 1.165) is 64.8 Å². The Bertz CT molecular complexity index is 4270. The molecule has 0 fully saturated rings. The first-order valence-corrected chi connectivity index (χ1v) is 30.7. The molecule has 0 saturated carbocycles. The molecule has 0 spiro atoms. The summed E-state index contributed by atoms with van der Waals surface area (Å²) in [4.78, 5) is 15.2. The van der Waals surface area contributed by atoms with E-state index in [4.69, 9.17) is 34.6 Å². The molecule has 9 aromatic rings. The van der Waals surface area contributed by atoms with Gasteiger partial charge in [0.2, 0.25) is 11.4 Å². The van der Waals surface area contributed by atoms with Crippen LogP contribution in [0.15, 0.2) is 149 Å². The van der Waals surface area contributed by atoms with Gasteiger partial charge in [0, 0.05) is 67.7 Å². The van der Waals surface area contributed by atoms with Crippen LogP contribution in [0.25, 0.3) is 0 Å². The molecule has 93 heavy (non-hydrogen) atoms. The minimum absolute atomic E-state index is 0.0853. The maximum absolute atomic E-state index is 15.7. The summed E-state index contributed by atoms with van der Waals surface area (Å²) in [6.45, 7) is 1.86. The average molecular weight is 1390 g/mol. The van der Waals surface area contributed by atoms with Gasteiger partial charge in [-0.15, -0.1) is 0 Å². The molecule has 0 amide bonds. The van der Waals surface area contributed by atoms with Crippen molar-refractivity contribution in [2.75, 3.05) is 32.7 Å². The Morgan fingerprint density at radius 2 is 0.968 bits per heavy atom. The van der Waals surface area contributed by atoms with Crippen molar-refractivity contribution in [2.45, 2.75) is 67.3 Å². The quantitative estimate of drug-likeness (QED) is 0.0516. The second kappa shape index (κ2) is 31.5. The third kappa shape index (κ3) is 20.2. The zero-order valence-electron chi connectivity index (χ0n) is 49.7. The van der Waals surface area contributed by atoms with E-state index < -0.39 is 124 Å². The van der Waals surface area contributed by atoms with Gasteiger partial charge in [0.1, 0.15) is 78.3 Å². The van der Waals surface area contributed by atoms with Gasteiger partial charge in [0.25, 0.3) is 10.0 Å². The van der Waals surface area contributed by atoms with Crippen molar-refractivity contribution in [1.82, 2.24) is 18.7 Å². The van der Waals surface area contributed by atoms with Crippen molar-refractivity contribution in [1.29, 1.82) is 0 Å². The highest BCUT2D eigenvalue weighted by Crippen LogP contribution is 2.41. The Kier molecular flexibility index (Phi) is 24.2. The van der Waals surface area contributed by atoms with Crippen molar-refractivity contribution in [2.24, 2.45) is 0 Å². The smallest absolute Gasteiger partial charge is 0.446 e. The number of carbonyl (C=O) groups excluding carboxylic acids is 1. The molecule has 0 unspecified atom stereocenters. The largest absolute Gasteiger partial charge is 0.497 e. The molecule has 33 heteroatoms. The number of hydrogen-bond donors (Lipinski definition) is 0. The summed E-state index contributed by atoms with van der Waals surface area (Å²) in [5.41, 5.74) is -0.191. The molecule has 0 atom stereocenters. The molecule has 9 rings (SSSR count). The van der Waals surface area contributed by atoms with Gasteiger partial charge in [0.05, 0.1) is 46.1 Å². The van der Waals surface area contributed by atoms with Crippen molar-refractivity contribution in [3.63, 3.8) is 0 Å². The van der Waals surface area contributed by atoms with Gasteiger partial charge in [-0.1, -0.05) is 74.5 Å². The zero-order chi connectivity index (χ0) is 69.3. The third-order valence-electron chi connectivity index (χ3n) is 12.1. The van der Waals surface area contributed by atoms with Gasteiger partial charge in [-0.3, -0.25) is 4.79 Å². The Balaban J connectivity index is 0.000000270. The van der Waals surface area contributed by atoms with Crippen LogP contribution >= 0.6 is 23.1 Å². The minimum Gasteiger partial charge on any atom is -0.497 e. The molecule has 0 aliphatic heterocycles. The lowest BCUT2D eigenvalue weighted by Crippen LogP contribution is -2.31. The van der Waals surface area contributed by atoms with Crippen LogP contribution in [0.1, 0.15) is 59.7 Å². The number of methoxy groups -OCH3 is 4. The fourth-order valence-corrected chi connectivity index (χ4v) is 12.5. The van der Waals surface area contributed by atoms with Gasteiger partial charge < -0.3 is 28.4 Å². The lowest BCUT2D eigenvalue weighted by molar-refractivity contribution is -0.156. The minimum atomic E-state index is -4.92. The topological polar surface area (TPSA) is 196 Å². The maximum atomic E-state index is 15.7. The normalized spacial score (nSPS) is 11.7. The second-order valence-corrected chi connectivity index (χ2v) is 23.8. The molecule has 2 heterocycles. The molecule has 0 N–H and O–H groups in total. The number of carbonyl (C=O) groups is 1. The second-order valence-electron chi connectivity index (χ2n) is 18.5. The van der Waals surface area contributed by atoms with E-state index in [0.29, 0.717) is 79.0 Å². The molecule has 0 radical (unpaired) electrons. The fourth-order valence-electron chi connectivity index (χ4n) is 7.84. The summed E-state index contributed by atoms with van der Waals surface area (Å²) in [6, 6.07) is 29.3. The summed E-state index contributed by atoms with van der Waals surface area (Å²) in [5, 5.41) is -0.0582. The van der Waals surface area contributed by atoms with Crippen LogP contribution in [-0.4, -0.2) is 76.5 Å². The van der Waals surface area contributed by atoms with E-state index in [1.54, 1.807) is 19.1 Å². The Morgan fingerprint density at radius 1 is 0.527 bits per heavy atom. The average Bonchev–Trinajstić information content (AvgIpc) is 1.16. The SMILES string of the molecule is COc1cc(Oc2cc(F)c(S(=O)(=O)Cc3nc(Cc4ccccc4)ns3)cc2F)cc(C(F)(F)F)c1.COc1cc(Oc2cc(F)c(S(=O)(=O)N(Cc3ccc(OC)cc3OC)c3nc(Cc4ccccc4)ns3)cc2F)cc(C(F)(F)F)c1.O=CC(F)(F)F.[2H]CC. The number of sulfone groups is 1. The lowest BCUT2D eigenvalue weighted by Gasteiger charge is -2.23. The van der Waals surface area contributed by atoms with Gasteiger partial charge >= 0.3 is 18.5 Å². The molecule has 7 aromatic carbocycles. The number of nitrogens with zero attached hydrogens (tertiary/aromatic N) is 5. The van der Waals surface area contributed by atoms with Crippen LogP contribution in [0.4, 0.5) is 62.2 Å². The van der Waals surface area contributed by atoms with E-state index in [1.807, 2.05) is 60.7 Å². The Morgan fingerprint density at radius 3 is 1.42 bits per heavy atom. The summed E-state index contributed by atoms with van der Waals surface area (Å²) >= 11 is 1.56. The molecule has 0 aliphatic rings. The lowest BCUT2D eigenvalue weighted by atomic mass is 10.1. The number of ether oxygens (including phenoxy) is 6. The van der Waals surface area contributed by atoms with E-state index >= 15 is 8.78 Å². The van der Waals surface area contributed by atoms with E-state index in [9.17, 15) is 65.1 Å². The number of hydrogen-bond acceptors (Lipinski definition) is 17. The van der Waals surface area contributed by atoms with Gasteiger partial charge in [-0.25, -0.2) is 48.7 Å². The first-order chi connectivity index (χ1) is 44.2. The van der Waals surface area contributed by atoms with Crippen LogP contribution in [0, 0.1) is 23.3 Å². The number of alkyl halides is 9. The molecule has 16 nitrogen and oxygen atoms in total. The number of anilines is 1. The van der Waals surface area contributed by atoms with Crippen LogP contribution < -0.4 is 32.7 Å². The van der Waals surface area contributed by atoms with E-state index in [2.05, 4.69) is 18.7 Å². The number of halogens is 13. The first-order valence-electron chi connectivity index (χ1n) is 26.8. The van der Waals surface area contributed by atoms with Crippen LogP contribution in [0.3, 0.4) is 0 Å². The van der Waals surface area contributed by atoms with Crippen molar-refractivity contribution in [3.05, 3.63) is 207 Å². The van der Waals surface area contributed by atoms with Crippen molar-refractivity contribution < 1.29 is 108 Å². The summed E-state index contributed by atoms with van der Waals surface area (Å²) in [5.74, 6) is -7.99. The highest BCUT2D eigenvalue weighted by molar-refractivity contribution is 7.93. The van der Waals surface area contributed by atoms with Crippen molar-refractivity contribution >= 4 is 54.3 Å². The fraction of sp³-hybridized carbons (Fsp3) is 0.217. The van der Waals surface area contributed by atoms with E-state index in [1.165, 1.54) is 20.3 Å². The Hall–Kier alpha value is -9.08. The predicted molar refractivity (Wildman–Crippen MR) is 314 cm³/mol. The summed E-state index contributed by atoms with van der Waals surface area (Å²) < 4.78 is 271. The zero-order valence-corrected chi connectivity index (χ0v) is 51.9. The predicted octanol–water partition coefficient (Wildman–Crippen LogP) is 15.6. The Labute approximate surface area is 532 Å². The number of rotatable bonds is 20. The molecule has 496 valence electrons. The highest BCUT2D eigenvalue weighted by atomic mass is 32.2. The maximum Gasteiger partial charge on any atom is 0.446 e. The molecule has 0 aliphatic carbocycles. The third-order valence-corrected chi connectivity index (χ3v) is 17.3. The molecule has 2 aromatic heterocycles. The number of aromatic nitrogens is 4. The number of aldehydes is 1. The molecule has 0 bridgehead atoms. The van der Waals surface area contributed by atoms with E-state index in [-0.39, 0.29) is 39.6 Å². The standard InChI is InChI=1S/C32H26F5N3O6S2.C24H17F5N2O4S2.C2HF3O.C2H6/c1-43-22-10-9-20(27(15-22)45-3)18-40(31-38-30(39-47-31)11-19-7-5-4-6-8-19)48(41,42)29-17-25(33)28(16-26(29)34)46-24-13-21(32(35,36)37)12-23(14-24)44-2;1-34-16-8-15(24(27,28)29)9-17(10-16)35-20-11-19(26)21(12-18(20)25)37(32,33)13-23-30-22(31-36-23)7-14-5-3-2-4-6-14;3-2(4,5)1-6;1-2/h4-10,12-17H,11,18H2,1-3H3;2-6,8-12H,7,13H2,1H3;1H;1-2H3/i;;;1D. The van der Waals surface area contributed by atoms with Crippen LogP contribution in [-0.2, 0) is 62.1 Å². The first kappa shape index (κ1) is 71.4.